The van der Waals surface area contributed by atoms with Crippen LogP contribution < -0.4 is 5.32 Å². The normalized spacial score (nSPS) is 20.8. The smallest absolute Gasteiger partial charge is 0.410 e. The van der Waals surface area contributed by atoms with E-state index >= 15 is 0 Å². The molecule has 2 unspecified atom stereocenters. The molecule has 1 aromatic carbocycles. The van der Waals surface area contributed by atoms with Crippen LogP contribution in [0.2, 0.25) is 0 Å². The third kappa shape index (κ3) is 5.94. The molecule has 0 spiro atoms. The number of anilines is 1. The van der Waals surface area contributed by atoms with Gasteiger partial charge in [0.2, 0.25) is 0 Å². The highest BCUT2D eigenvalue weighted by Crippen LogP contribution is 2.30. The Kier molecular flexibility index (Phi) is 6.74. The zero-order valence-electron chi connectivity index (χ0n) is 16.5. The summed E-state index contributed by atoms with van der Waals surface area (Å²) in [5.41, 5.74) is 1.80. The largest absolute Gasteiger partial charge is 0.444 e. The summed E-state index contributed by atoms with van der Waals surface area (Å²) in [6, 6.07) is 8.84. The second-order valence-electron chi connectivity index (χ2n) is 8.20. The summed E-state index contributed by atoms with van der Waals surface area (Å²) in [6.07, 6.45) is 6.13. The van der Waals surface area contributed by atoms with Gasteiger partial charge in [-0.2, -0.15) is 0 Å². The molecule has 0 radical (unpaired) electrons. The van der Waals surface area contributed by atoms with Crippen molar-refractivity contribution in [2.24, 2.45) is 5.92 Å². The summed E-state index contributed by atoms with van der Waals surface area (Å²) in [5.74, 6) is 0.741. The molecule has 1 fully saturated rings. The van der Waals surface area contributed by atoms with Crippen molar-refractivity contribution in [3.8, 4) is 0 Å². The van der Waals surface area contributed by atoms with Crippen molar-refractivity contribution in [1.82, 2.24) is 4.90 Å². The molecule has 1 aromatic rings. The summed E-state index contributed by atoms with van der Waals surface area (Å²) in [7, 11) is 1.79. The first-order chi connectivity index (χ1) is 11.8. The predicted molar refractivity (Wildman–Crippen MR) is 104 cm³/mol. The van der Waals surface area contributed by atoms with Crippen LogP contribution in [0.5, 0.6) is 0 Å². The maximum absolute atomic E-state index is 12.2. The number of carbonyl (C=O) groups excluding carboxylic acids is 1. The molecule has 0 aliphatic heterocycles. The van der Waals surface area contributed by atoms with Gasteiger partial charge in [0.05, 0.1) is 6.54 Å². The van der Waals surface area contributed by atoms with Gasteiger partial charge in [0.25, 0.3) is 0 Å². The number of para-hydroxylation sites is 1. The Morgan fingerprint density at radius 1 is 1.24 bits per heavy atom. The van der Waals surface area contributed by atoms with Crippen molar-refractivity contribution in [2.75, 3.05) is 12.4 Å². The summed E-state index contributed by atoms with van der Waals surface area (Å²) >= 11 is 0. The van der Waals surface area contributed by atoms with E-state index in [9.17, 15) is 4.79 Å². The van der Waals surface area contributed by atoms with E-state index < -0.39 is 5.60 Å². The van der Waals surface area contributed by atoms with Crippen molar-refractivity contribution in [1.29, 1.82) is 0 Å². The Morgan fingerprint density at radius 3 is 2.60 bits per heavy atom. The molecule has 0 saturated heterocycles. The van der Waals surface area contributed by atoms with Gasteiger partial charge >= 0.3 is 6.09 Å². The average Bonchev–Trinajstić information content (AvgIpc) is 2.55. The molecule has 1 amide bonds. The highest BCUT2D eigenvalue weighted by atomic mass is 16.6. The lowest BCUT2D eigenvalue weighted by Gasteiger charge is -2.33. The Morgan fingerprint density at radius 2 is 1.92 bits per heavy atom. The van der Waals surface area contributed by atoms with Crippen LogP contribution in [-0.4, -0.2) is 29.7 Å². The minimum Gasteiger partial charge on any atom is -0.444 e. The minimum absolute atomic E-state index is 0.286. The van der Waals surface area contributed by atoms with Crippen molar-refractivity contribution in [2.45, 2.75) is 78.0 Å². The van der Waals surface area contributed by atoms with Gasteiger partial charge in [-0.3, -0.25) is 0 Å². The molecule has 25 heavy (non-hydrogen) atoms. The zero-order valence-corrected chi connectivity index (χ0v) is 16.5. The fourth-order valence-corrected chi connectivity index (χ4v) is 3.54. The van der Waals surface area contributed by atoms with E-state index in [1.54, 1.807) is 11.9 Å². The molecule has 140 valence electrons. The lowest BCUT2D eigenvalue weighted by molar-refractivity contribution is 0.0285. The lowest BCUT2D eigenvalue weighted by Crippen LogP contribution is -2.35. The molecule has 2 atom stereocenters. The molecule has 1 aliphatic carbocycles. The third-order valence-corrected chi connectivity index (χ3v) is 4.90. The summed E-state index contributed by atoms with van der Waals surface area (Å²) < 4.78 is 5.46. The average molecular weight is 347 g/mol. The molecule has 1 N–H and O–H groups in total. The second-order valence-corrected chi connectivity index (χ2v) is 8.20. The first-order valence-electron chi connectivity index (χ1n) is 9.58. The number of nitrogens with zero attached hydrogens (tertiary/aromatic N) is 1. The van der Waals surface area contributed by atoms with E-state index in [-0.39, 0.29) is 6.09 Å². The highest BCUT2D eigenvalue weighted by molar-refractivity contribution is 5.68. The van der Waals surface area contributed by atoms with Gasteiger partial charge in [-0.05, 0) is 51.2 Å². The number of hydrogen-bond acceptors (Lipinski definition) is 3. The molecular formula is C21H34N2O2. The Balaban J connectivity index is 2.06. The molecule has 1 saturated carbocycles. The van der Waals surface area contributed by atoms with Crippen LogP contribution in [0, 0.1) is 5.92 Å². The van der Waals surface area contributed by atoms with E-state index in [2.05, 4.69) is 30.4 Å². The Labute approximate surface area is 152 Å². The molecule has 4 nitrogen and oxygen atoms in total. The molecule has 4 heteroatoms. The second kappa shape index (κ2) is 8.59. The van der Waals surface area contributed by atoms with Crippen LogP contribution in [0.3, 0.4) is 0 Å². The fourth-order valence-electron chi connectivity index (χ4n) is 3.54. The predicted octanol–water partition coefficient (Wildman–Crippen LogP) is 5.43. The van der Waals surface area contributed by atoms with Gasteiger partial charge in [-0.15, -0.1) is 0 Å². The van der Waals surface area contributed by atoms with E-state index in [0.717, 1.165) is 17.2 Å². The van der Waals surface area contributed by atoms with Gasteiger partial charge < -0.3 is 15.0 Å². The SMILES string of the molecule is CCC1CCCCC1Nc1ccccc1CN(C)C(=O)OC(C)(C)C. The highest BCUT2D eigenvalue weighted by Gasteiger charge is 2.25. The number of benzene rings is 1. The number of carbonyl (C=O) groups is 1. The van der Waals surface area contributed by atoms with Gasteiger partial charge in [-0.25, -0.2) is 4.79 Å². The molecule has 0 bridgehead atoms. The summed E-state index contributed by atoms with van der Waals surface area (Å²) in [6.45, 7) is 8.50. The third-order valence-electron chi connectivity index (χ3n) is 4.90. The lowest BCUT2D eigenvalue weighted by atomic mass is 9.82. The van der Waals surface area contributed by atoms with E-state index in [1.807, 2.05) is 26.8 Å². The monoisotopic (exact) mass is 346 g/mol. The number of amides is 1. The summed E-state index contributed by atoms with van der Waals surface area (Å²) in [4.78, 5) is 13.9. The van der Waals surface area contributed by atoms with Crippen LogP contribution in [0.25, 0.3) is 0 Å². The summed E-state index contributed by atoms with van der Waals surface area (Å²) in [5, 5.41) is 3.76. The zero-order chi connectivity index (χ0) is 18.4. The molecule has 2 rings (SSSR count). The number of nitrogens with one attached hydrogen (secondary N) is 1. The van der Waals surface area contributed by atoms with Gasteiger partial charge in [0, 0.05) is 18.8 Å². The van der Waals surface area contributed by atoms with Crippen LogP contribution in [0.4, 0.5) is 10.5 Å². The van der Waals surface area contributed by atoms with Crippen LogP contribution in [0.15, 0.2) is 24.3 Å². The molecular weight excluding hydrogens is 312 g/mol. The molecule has 0 aromatic heterocycles. The van der Waals surface area contributed by atoms with Crippen molar-refractivity contribution >= 4 is 11.8 Å². The van der Waals surface area contributed by atoms with Crippen molar-refractivity contribution in [3.63, 3.8) is 0 Å². The number of rotatable bonds is 5. The van der Waals surface area contributed by atoms with Gasteiger partial charge in [0.15, 0.2) is 0 Å². The van der Waals surface area contributed by atoms with E-state index in [4.69, 9.17) is 4.74 Å². The first-order valence-corrected chi connectivity index (χ1v) is 9.58. The van der Waals surface area contributed by atoms with Gasteiger partial charge in [0.1, 0.15) is 5.60 Å². The van der Waals surface area contributed by atoms with Crippen LogP contribution in [0.1, 0.15) is 65.4 Å². The molecule has 0 heterocycles. The van der Waals surface area contributed by atoms with E-state index in [0.29, 0.717) is 12.6 Å². The van der Waals surface area contributed by atoms with E-state index in [1.165, 1.54) is 32.1 Å². The Hall–Kier alpha value is -1.71. The number of hydrogen-bond donors (Lipinski definition) is 1. The number of ether oxygens (including phenoxy) is 1. The maximum atomic E-state index is 12.2. The van der Waals surface area contributed by atoms with Gasteiger partial charge in [-0.1, -0.05) is 44.4 Å². The standard InChI is InChI=1S/C21H34N2O2/c1-6-16-11-7-9-13-18(16)22-19-14-10-8-12-17(19)15-23(5)20(24)25-21(2,3)4/h8,10,12,14,16,18,22H,6-7,9,11,13,15H2,1-5H3. The maximum Gasteiger partial charge on any atom is 0.410 e. The topological polar surface area (TPSA) is 41.6 Å². The molecule has 1 aliphatic rings. The Bertz CT molecular complexity index is 565. The fraction of sp³-hybridized carbons (Fsp3) is 0.667. The van der Waals surface area contributed by atoms with Crippen LogP contribution in [-0.2, 0) is 11.3 Å². The van der Waals surface area contributed by atoms with Crippen molar-refractivity contribution < 1.29 is 9.53 Å². The van der Waals surface area contributed by atoms with Crippen LogP contribution >= 0.6 is 0 Å². The first kappa shape index (κ1) is 19.6. The van der Waals surface area contributed by atoms with Crippen molar-refractivity contribution in [3.05, 3.63) is 29.8 Å². The minimum atomic E-state index is -0.473. The quantitative estimate of drug-likeness (QED) is 0.772.